The Kier molecular flexibility index (Phi) is 4.94. The van der Waals surface area contributed by atoms with Crippen molar-refractivity contribution in [3.05, 3.63) is 29.9 Å². The summed E-state index contributed by atoms with van der Waals surface area (Å²) >= 11 is 0. The van der Waals surface area contributed by atoms with Crippen molar-refractivity contribution in [1.82, 2.24) is 29.5 Å². The van der Waals surface area contributed by atoms with Crippen LogP contribution in [0.4, 0.5) is 0 Å². The van der Waals surface area contributed by atoms with Crippen molar-refractivity contribution in [2.24, 2.45) is 0 Å². The SMILES string of the molecule is CCn1ccnc1CN1CCC(N(Cc2noc(C)n2)C(C)=O)C1. The number of likely N-dealkylation sites (tertiary alicyclic amines) is 1. The molecule has 0 aliphatic carbocycles. The first kappa shape index (κ1) is 16.6. The summed E-state index contributed by atoms with van der Waals surface area (Å²) in [6.45, 7) is 9.38. The summed E-state index contributed by atoms with van der Waals surface area (Å²) in [5.74, 6) is 2.19. The van der Waals surface area contributed by atoms with E-state index in [1.165, 1.54) is 0 Å². The van der Waals surface area contributed by atoms with Crippen LogP contribution in [0.2, 0.25) is 0 Å². The molecule has 2 aromatic heterocycles. The molecule has 1 aliphatic rings. The molecule has 2 aromatic rings. The van der Waals surface area contributed by atoms with E-state index in [1.807, 2.05) is 17.3 Å². The van der Waals surface area contributed by atoms with Crippen LogP contribution in [0.15, 0.2) is 16.9 Å². The van der Waals surface area contributed by atoms with Crippen molar-refractivity contribution < 1.29 is 9.32 Å². The van der Waals surface area contributed by atoms with Gasteiger partial charge in [-0.05, 0) is 13.3 Å². The summed E-state index contributed by atoms with van der Waals surface area (Å²) < 4.78 is 7.15. The van der Waals surface area contributed by atoms with E-state index in [0.29, 0.717) is 18.3 Å². The van der Waals surface area contributed by atoms with Crippen LogP contribution >= 0.6 is 0 Å². The summed E-state index contributed by atoms with van der Waals surface area (Å²) in [4.78, 5) is 24.9. The fraction of sp³-hybridized carbons (Fsp3) is 0.625. The molecular weight excluding hydrogens is 308 g/mol. The number of nitrogens with zero attached hydrogens (tertiary/aromatic N) is 6. The molecule has 1 amide bonds. The summed E-state index contributed by atoms with van der Waals surface area (Å²) in [7, 11) is 0. The van der Waals surface area contributed by atoms with Crippen LogP contribution < -0.4 is 0 Å². The van der Waals surface area contributed by atoms with Crippen molar-refractivity contribution >= 4 is 5.91 Å². The normalized spacial score (nSPS) is 18.2. The Hall–Kier alpha value is -2.22. The van der Waals surface area contributed by atoms with E-state index in [1.54, 1.807) is 13.8 Å². The van der Waals surface area contributed by atoms with E-state index in [4.69, 9.17) is 4.52 Å². The molecule has 1 unspecified atom stereocenters. The standard InChI is InChI=1S/C16H24N6O2/c1-4-21-8-6-17-16(21)11-20-7-5-14(9-20)22(13(3)23)10-15-18-12(2)24-19-15/h6,8,14H,4-5,7,9-11H2,1-3H3. The molecule has 0 bridgehead atoms. The first-order valence-electron chi connectivity index (χ1n) is 8.35. The quantitative estimate of drug-likeness (QED) is 0.791. The lowest BCUT2D eigenvalue weighted by atomic mass is 10.2. The summed E-state index contributed by atoms with van der Waals surface area (Å²) in [5.41, 5.74) is 0. The summed E-state index contributed by atoms with van der Waals surface area (Å²) in [6, 6.07) is 0.173. The summed E-state index contributed by atoms with van der Waals surface area (Å²) in [5, 5.41) is 3.90. The smallest absolute Gasteiger partial charge is 0.223 e. The van der Waals surface area contributed by atoms with Crippen LogP contribution in [0.5, 0.6) is 0 Å². The molecule has 24 heavy (non-hydrogen) atoms. The second-order valence-electron chi connectivity index (χ2n) is 6.18. The van der Waals surface area contributed by atoms with Crippen LogP contribution in [0.1, 0.15) is 37.8 Å². The van der Waals surface area contributed by atoms with Crippen molar-refractivity contribution in [2.75, 3.05) is 13.1 Å². The Labute approximate surface area is 141 Å². The van der Waals surface area contributed by atoms with Gasteiger partial charge in [-0.2, -0.15) is 4.98 Å². The van der Waals surface area contributed by atoms with Crippen LogP contribution in [0, 0.1) is 6.92 Å². The number of aromatic nitrogens is 4. The van der Waals surface area contributed by atoms with Crippen molar-refractivity contribution in [2.45, 2.75) is 52.9 Å². The second-order valence-corrected chi connectivity index (χ2v) is 6.18. The average Bonchev–Trinajstić information content (AvgIpc) is 3.26. The largest absolute Gasteiger partial charge is 0.340 e. The van der Waals surface area contributed by atoms with Gasteiger partial charge >= 0.3 is 0 Å². The van der Waals surface area contributed by atoms with Crippen LogP contribution in [0.3, 0.4) is 0 Å². The number of rotatable bonds is 6. The molecule has 130 valence electrons. The maximum Gasteiger partial charge on any atom is 0.223 e. The molecular formula is C16H24N6O2. The molecule has 8 heteroatoms. The van der Waals surface area contributed by atoms with Gasteiger partial charge in [-0.15, -0.1) is 0 Å². The maximum atomic E-state index is 12.1. The molecule has 0 aromatic carbocycles. The fourth-order valence-corrected chi connectivity index (χ4v) is 3.25. The first-order valence-corrected chi connectivity index (χ1v) is 8.35. The zero-order valence-corrected chi connectivity index (χ0v) is 14.5. The minimum atomic E-state index is 0.0411. The van der Waals surface area contributed by atoms with E-state index in [0.717, 1.165) is 38.4 Å². The molecule has 1 aliphatic heterocycles. The molecule has 0 saturated carbocycles. The van der Waals surface area contributed by atoms with Gasteiger partial charge in [-0.3, -0.25) is 9.69 Å². The van der Waals surface area contributed by atoms with Gasteiger partial charge < -0.3 is 14.0 Å². The third kappa shape index (κ3) is 3.64. The minimum Gasteiger partial charge on any atom is -0.340 e. The van der Waals surface area contributed by atoms with E-state index in [2.05, 4.69) is 31.5 Å². The Morgan fingerprint density at radius 1 is 1.50 bits per heavy atom. The molecule has 0 N–H and O–H groups in total. The lowest BCUT2D eigenvalue weighted by Crippen LogP contribution is -2.40. The molecule has 0 spiro atoms. The molecule has 8 nitrogen and oxygen atoms in total. The van der Waals surface area contributed by atoms with Gasteiger partial charge in [-0.1, -0.05) is 5.16 Å². The number of imidazole rings is 1. The molecule has 0 radical (unpaired) electrons. The topological polar surface area (TPSA) is 80.3 Å². The maximum absolute atomic E-state index is 12.1. The Balaban J connectivity index is 1.62. The molecule has 3 heterocycles. The number of carbonyl (C=O) groups excluding carboxylic acids is 1. The third-order valence-electron chi connectivity index (χ3n) is 4.48. The van der Waals surface area contributed by atoms with Gasteiger partial charge in [0.15, 0.2) is 5.82 Å². The number of hydrogen-bond acceptors (Lipinski definition) is 6. The highest BCUT2D eigenvalue weighted by Crippen LogP contribution is 2.19. The molecule has 1 atom stereocenters. The van der Waals surface area contributed by atoms with Crippen molar-refractivity contribution in [3.8, 4) is 0 Å². The lowest BCUT2D eigenvalue weighted by molar-refractivity contribution is -0.131. The van der Waals surface area contributed by atoms with E-state index >= 15 is 0 Å². The van der Waals surface area contributed by atoms with E-state index in [9.17, 15) is 4.79 Å². The van der Waals surface area contributed by atoms with E-state index < -0.39 is 0 Å². The second kappa shape index (κ2) is 7.12. The van der Waals surface area contributed by atoms with Gasteiger partial charge in [0.2, 0.25) is 11.8 Å². The molecule has 1 fully saturated rings. The fourth-order valence-electron chi connectivity index (χ4n) is 3.25. The van der Waals surface area contributed by atoms with Crippen LogP contribution in [-0.4, -0.2) is 54.5 Å². The van der Waals surface area contributed by atoms with Crippen LogP contribution in [0.25, 0.3) is 0 Å². The van der Waals surface area contributed by atoms with Crippen molar-refractivity contribution in [1.29, 1.82) is 0 Å². The van der Waals surface area contributed by atoms with Gasteiger partial charge in [-0.25, -0.2) is 4.98 Å². The number of amides is 1. The zero-order chi connectivity index (χ0) is 17.1. The molecule has 3 rings (SSSR count). The number of hydrogen-bond donors (Lipinski definition) is 0. The van der Waals surface area contributed by atoms with Gasteiger partial charge in [0.1, 0.15) is 5.82 Å². The minimum absolute atomic E-state index is 0.0411. The Morgan fingerprint density at radius 3 is 3.00 bits per heavy atom. The number of carbonyl (C=O) groups is 1. The number of aryl methyl sites for hydroxylation is 2. The lowest BCUT2D eigenvalue weighted by Gasteiger charge is -2.27. The highest BCUT2D eigenvalue weighted by Gasteiger charge is 2.30. The predicted molar refractivity (Wildman–Crippen MR) is 86.8 cm³/mol. The Morgan fingerprint density at radius 2 is 2.33 bits per heavy atom. The van der Waals surface area contributed by atoms with Gasteiger partial charge in [0.25, 0.3) is 0 Å². The van der Waals surface area contributed by atoms with Gasteiger partial charge in [0.05, 0.1) is 13.1 Å². The van der Waals surface area contributed by atoms with Crippen molar-refractivity contribution in [3.63, 3.8) is 0 Å². The third-order valence-corrected chi connectivity index (χ3v) is 4.48. The van der Waals surface area contributed by atoms with Gasteiger partial charge in [0, 0.05) is 51.9 Å². The highest BCUT2D eigenvalue weighted by molar-refractivity contribution is 5.73. The monoisotopic (exact) mass is 332 g/mol. The highest BCUT2D eigenvalue weighted by atomic mass is 16.5. The summed E-state index contributed by atoms with van der Waals surface area (Å²) in [6.07, 6.45) is 4.79. The zero-order valence-electron chi connectivity index (χ0n) is 14.5. The average molecular weight is 332 g/mol. The first-order chi connectivity index (χ1) is 11.6. The Bertz CT molecular complexity index is 694. The van der Waals surface area contributed by atoms with Crippen LogP contribution in [-0.2, 0) is 24.4 Å². The predicted octanol–water partition coefficient (Wildman–Crippen LogP) is 1.22. The van der Waals surface area contributed by atoms with E-state index in [-0.39, 0.29) is 11.9 Å². The molecule has 1 saturated heterocycles.